The number of carbonyl (C=O) groups excluding carboxylic acids is 2. The van der Waals surface area contributed by atoms with E-state index in [-0.39, 0.29) is 23.9 Å². The van der Waals surface area contributed by atoms with Gasteiger partial charge in [0.1, 0.15) is 5.41 Å². The van der Waals surface area contributed by atoms with Gasteiger partial charge in [0.25, 0.3) is 0 Å². The van der Waals surface area contributed by atoms with Crippen molar-refractivity contribution in [2.24, 2.45) is 11.3 Å². The fourth-order valence-corrected chi connectivity index (χ4v) is 3.79. The van der Waals surface area contributed by atoms with Crippen molar-refractivity contribution in [1.29, 1.82) is 5.26 Å². The zero-order valence-electron chi connectivity index (χ0n) is 14.3. The average Bonchev–Trinajstić information content (AvgIpc) is 2.54. The lowest BCUT2D eigenvalue weighted by Gasteiger charge is -2.39. The molecule has 5 heteroatoms. The minimum absolute atomic E-state index is 0.0124. The summed E-state index contributed by atoms with van der Waals surface area (Å²) in [6, 6.07) is 2.31. The molecule has 2 rings (SSSR count). The molecule has 1 saturated carbocycles. The summed E-state index contributed by atoms with van der Waals surface area (Å²) in [5.41, 5.74) is -0.821. The van der Waals surface area contributed by atoms with Gasteiger partial charge < -0.3 is 9.64 Å². The van der Waals surface area contributed by atoms with Gasteiger partial charge in [0.05, 0.1) is 18.6 Å². The predicted molar refractivity (Wildman–Crippen MR) is 86.3 cm³/mol. The molecule has 1 atom stereocenters. The molecule has 1 unspecified atom stereocenters. The number of piperidine rings is 1. The summed E-state index contributed by atoms with van der Waals surface area (Å²) in [5.74, 6) is -0.0492. The van der Waals surface area contributed by atoms with Crippen molar-refractivity contribution in [3.8, 4) is 6.07 Å². The Kier molecular flexibility index (Phi) is 6.04. The van der Waals surface area contributed by atoms with E-state index in [4.69, 9.17) is 4.74 Å². The molecule has 2 aliphatic rings. The number of esters is 1. The highest BCUT2D eigenvalue weighted by atomic mass is 16.5. The quantitative estimate of drug-likeness (QED) is 0.747. The Balaban J connectivity index is 1.96. The SMILES string of the molecule is CC(C)OC(=O)CC1CCCN(C(=O)C2(C#N)CCCCC2)C1. The van der Waals surface area contributed by atoms with Gasteiger partial charge in [-0.2, -0.15) is 5.26 Å². The van der Waals surface area contributed by atoms with E-state index in [1.807, 2.05) is 18.7 Å². The van der Waals surface area contributed by atoms with Crippen molar-refractivity contribution in [3.05, 3.63) is 0 Å². The first kappa shape index (κ1) is 17.8. The van der Waals surface area contributed by atoms with E-state index in [9.17, 15) is 14.9 Å². The molecule has 1 saturated heterocycles. The molecule has 1 amide bonds. The number of ether oxygens (including phenoxy) is 1. The number of carbonyl (C=O) groups is 2. The molecule has 0 N–H and O–H groups in total. The van der Waals surface area contributed by atoms with Gasteiger partial charge in [0.2, 0.25) is 5.91 Å². The van der Waals surface area contributed by atoms with Gasteiger partial charge in [-0.25, -0.2) is 0 Å². The fourth-order valence-electron chi connectivity index (χ4n) is 3.79. The summed E-state index contributed by atoms with van der Waals surface area (Å²) >= 11 is 0. The summed E-state index contributed by atoms with van der Waals surface area (Å²) in [7, 11) is 0. The lowest BCUT2D eigenvalue weighted by atomic mass is 9.73. The second-order valence-corrected chi connectivity index (χ2v) is 7.26. The zero-order valence-corrected chi connectivity index (χ0v) is 14.3. The first-order chi connectivity index (χ1) is 11.0. The normalized spacial score (nSPS) is 24.1. The van der Waals surface area contributed by atoms with Crippen LogP contribution in [0.2, 0.25) is 0 Å². The van der Waals surface area contributed by atoms with Crippen molar-refractivity contribution in [1.82, 2.24) is 4.90 Å². The summed E-state index contributed by atoms with van der Waals surface area (Å²) in [4.78, 5) is 26.6. The van der Waals surface area contributed by atoms with Gasteiger partial charge in [-0.1, -0.05) is 19.3 Å². The van der Waals surface area contributed by atoms with Crippen LogP contribution in [0.15, 0.2) is 0 Å². The van der Waals surface area contributed by atoms with Crippen LogP contribution < -0.4 is 0 Å². The molecule has 2 fully saturated rings. The molecule has 0 aromatic heterocycles. The van der Waals surface area contributed by atoms with E-state index >= 15 is 0 Å². The summed E-state index contributed by atoms with van der Waals surface area (Å²) in [5, 5.41) is 9.58. The maximum Gasteiger partial charge on any atom is 0.306 e. The van der Waals surface area contributed by atoms with Crippen molar-refractivity contribution in [3.63, 3.8) is 0 Å². The molecule has 0 aromatic carbocycles. The standard InChI is InChI=1S/C18H28N2O3/c1-14(2)23-16(21)11-15-7-6-10-20(12-15)17(22)18(13-19)8-4-3-5-9-18/h14-15H,3-12H2,1-2H3. The number of rotatable bonds is 4. The number of nitrogens with zero attached hydrogens (tertiary/aromatic N) is 2. The lowest BCUT2D eigenvalue weighted by molar-refractivity contribution is -0.151. The maximum atomic E-state index is 12.9. The molecular formula is C18H28N2O3. The highest BCUT2D eigenvalue weighted by Crippen LogP contribution is 2.38. The number of hydrogen-bond donors (Lipinski definition) is 0. The van der Waals surface area contributed by atoms with Crippen molar-refractivity contribution in [2.75, 3.05) is 13.1 Å². The van der Waals surface area contributed by atoms with Gasteiger partial charge in [0, 0.05) is 13.1 Å². The van der Waals surface area contributed by atoms with E-state index in [0.717, 1.165) is 32.1 Å². The molecule has 0 aromatic rings. The number of likely N-dealkylation sites (tertiary alicyclic amines) is 1. The predicted octanol–water partition coefficient (Wildman–Crippen LogP) is 3.04. The third kappa shape index (κ3) is 4.46. The molecule has 1 heterocycles. The summed E-state index contributed by atoms with van der Waals surface area (Å²) in [6.07, 6.45) is 6.48. The molecule has 0 radical (unpaired) electrons. The number of hydrogen-bond acceptors (Lipinski definition) is 4. The Morgan fingerprint density at radius 1 is 1.26 bits per heavy atom. The zero-order chi connectivity index (χ0) is 16.9. The third-order valence-corrected chi connectivity index (χ3v) is 4.96. The second-order valence-electron chi connectivity index (χ2n) is 7.26. The Hall–Kier alpha value is -1.57. The highest BCUT2D eigenvalue weighted by molar-refractivity contribution is 5.85. The van der Waals surface area contributed by atoms with Gasteiger partial charge in [-0.3, -0.25) is 9.59 Å². The number of amides is 1. The average molecular weight is 320 g/mol. The van der Waals surface area contributed by atoms with Crippen LogP contribution in [-0.4, -0.2) is 36.0 Å². The minimum Gasteiger partial charge on any atom is -0.463 e. The van der Waals surface area contributed by atoms with Crippen LogP contribution in [0.25, 0.3) is 0 Å². The third-order valence-electron chi connectivity index (χ3n) is 4.96. The molecular weight excluding hydrogens is 292 g/mol. The van der Waals surface area contributed by atoms with Crippen molar-refractivity contribution >= 4 is 11.9 Å². The van der Waals surface area contributed by atoms with Crippen LogP contribution in [0.4, 0.5) is 0 Å². The van der Waals surface area contributed by atoms with Crippen LogP contribution in [0.3, 0.4) is 0 Å². The van der Waals surface area contributed by atoms with Crippen LogP contribution in [0.5, 0.6) is 0 Å². The van der Waals surface area contributed by atoms with Gasteiger partial charge >= 0.3 is 5.97 Å². The first-order valence-corrected chi connectivity index (χ1v) is 8.87. The van der Waals surface area contributed by atoms with E-state index in [1.165, 1.54) is 0 Å². The van der Waals surface area contributed by atoms with Gasteiger partial charge in [-0.15, -0.1) is 0 Å². The summed E-state index contributed by atoms with van der Waals surface area (Å²) in [6.45, 7) is 4.97. The molecule has 0 spiro atoms. The Morgan fingerprint density at radius 3 is 2.57 bits per heavy atom. The topological polar surface area (TPSA) is 70.4 Å². The molecule has 128 valence electrons. The van der Waals surface area contributed by atoms with Gasteiger partial charge in [-0.05, 0) is 45.4 Å². The minimum atomic E-state index is -0.821. The van der Waals surface area contributed by atoms with Crippen molar-refractivity contribution < 1.29 is 14.3 Å². The molecule has 0 bridgehead atoms. The van der Waals surface area contributed by atoms with E-state index < -0.39 is 5.41 Å². The Morgan fingerprint density at radius 2 is 1.96 bits per heavy atom. The van der Waals surface area contributed by atoms with E-state index in [1.54, 1.807) is 0 Å². The van der Waals surface area contributed by atoms with Crippen LogP contribution in [0, 0.1) is 22.7 Å². The number of nitriles is 1. The lowest BCUT2D eigenvalue weighted by Crippen LogP contribution is -2.48. The van der Waals surface area contributed by atoms with Crippen LogP contribution in [-0.2, 0) is 14.3 Å². The molecule has 23 heavy (non-hydrogen) atoms. The fraction of sp³-hybridized carbons (Fsp3) is 0.833. The van der Waals surface area contributed by atoms with Gasteiger partial charge in [0.15, 0.2) is 0 Å². The summed E-state index contributed by atoms with van der Waals surface area (Å²) < 4.78 is 5.21. The molecule has 1 aliphatic carbocycles. The molecule has 5 nitrogen and oxygen atoms in total. The van der Waals surface area contributed by atoms with Crippen LogP contribution >= 0.6 is 0 Å². The monoisotopic (exact) mass is 320 g/mol. The van der Waals surface area contributed by atoms with Crippen molar-refractivity contribution in [2.45, 2.75) is 71.3 Å². The smallest absolute Gasteiger partial charge is 0.306 e. The first-order valence-electron chi connectivity index (χ1n) is 8.87. The Labute approximate surface area is 139 Å². The van der Waals surface area contributed by atoms with E-state index in [2.05, 4.69) is 6.07 Å². The highest BCUT2D eigenvalue weighted by Gasteiger charge is 2.43. The Bertz CT molecular complexity index is 475. The molecule has 1 aliphatic heterocycles. The second kappa shape index (κ2) is 7.81. The maximum absolute atomic E-state index is 12.9. The van der Waals surface area contributed by atoms with Crippen LogP contribution in [0.1, 0.15) is 65.2 Å². The largest absolute Gasteiger partial charge is 0.463 e. The van der Waals surface area contributed by atoms with E-state index in [0.29, 0.717) is 32.4 Å².